The number of H-pyrrole nitrogens is 1. The van der Waals surface area contributed by atoms with E-state index in [1.54, 1.807) is 30.5 Å². The molecule has 1 saturated heterocycles. The van der Waals surface area contributed by atoms with E-state index in [0.29, 0.717) is 42.4 Å². The Kier molecular flexibility index (Phi) is 4.19. The van der Waals surface area contributed by atoms with Crippen LogP contribution in [0, 0.1) is 5.92 Å². The Bertz CT molecular complexity index is 1010. The number of nitrogens with one attached hydrogen (secondary N) is 1. The Morgan fingerprint density at radius 1 is 1.33 bits per heavy atom. The number of aromatic amines is 1. The van der Waals surface area contributed by atoms with Crippen LogP contribution in [-0.2, 0) is 4.79 Å². The number of aromatic nitrogens is 4. The van der Waals surface area contributed by atoms with Gasteiger partial charge in [-0.25, -0.2) is 9.37 Å². The first-order valence-corrected chi connectivity index (χ1v) is 8.28. The number of phenolic OH excluding ortho intramolecular Hbond substituents is 1. The minimum atomic E-state index is -0.955. The molecule has 9 heteroatoms. The van der Waals surface area contributed by atoms with Gasteiger partial charge in [0.2, 0.25) is 5.88 Å². The monoisotopic (exact) mass is 369 g/mol. The van der Waals surface area contributed by atoms with Crippen LogP contribution in [0.25, 0.3) is 22.4 Å². The molecule has 8 nitrogen and oxygen atoms in total. The fourth-order valence-electron chi connectivity index (χ4n) is 2.87. The number of nitrogens with zero attached hydrogens (tertiary/aromatic N) is 4. The van der Waals surface area contributed by atoms with Gasteiger partial charge in [-0.2, -0.15) is 10.1 Å². The smallest absolute Gasteiger partial charge is 0.281 e. The summed E-state index contributed by atoms with van der Waals surface area (Å²) in [6, 6.07) is 6.51. The SMILES string of the molecule is C=C(F)C(=O)N1CC(COc2nc(-c3ccc(O)cc3)nc3[nH]ncc23)C1. The van der Waals surface area contributed by atoms with Crippen molar-refractivity contribution in [2.45, 2.75) is 0 Å². The van der Waals surface area contributed by atoms with Crippen LogP contribution in [0.1, 0.15) is 0 Å². The second-order valence-electron chi connectivity index (χ2n) is 6.32. The molecule has 4 rings (SSSR count). The summed E-state index contributed by atoms with van der Waals surface area (Å²) in [7, 11) is 0. The second kappa shape index (κ2) is 6.67. The number of likely N-dealkylation sites (tertiary alicyclic amines) is 1. The van der Waals surface area contributed by atoms with Crippen molar-refractivity contribution in [2.75, 3.05) is 19.7 Å². The Hall–Kier alpha value is -3.49. The van der Waals surface area contributed by atoms with Crippen LogP contribution in [0.4, 0.5) is 4.39 Å². The average Bonchev–Trinajstić information content (AvgIpc) is 3.09. The van der Waals surface area contributed by atoms with Gasteiger partial charge in [-0.05, 0) is 24.3 Å². The first kappa shape index (κ1) is 17.0. The maximum Gasteiger partial charge on any atom is 0.281 e. The molecule has 138 valence electrons. The number of halogens is 1. The molecule has 1 fully saturated rings. The number of carbonyl (C=O) groups excluding carboxylic acids is 1. The maximum absolute atomic E-state index is 12.9. The third-order valence-corrected chi connectivity index (χ3v) is 4.33. The first-order valence-electron chi connectivity index (χ1n) is 8.28. The quantitative estimate of drug-likeness (QED) is 0.667. The minimum absolute atomic E-state index is 0.0855. The summed E-state index contributed by atoms with van der Waals surface area (Å²) in [5.74, 6) is -0.596. The molecular weight excluding hydrogens is 353 g/mol. The number of benzene rings is 1. The molecule has 0 saturated carbocycles. The maximum atomic E-state index is 12.9. The summed E-state index contributed by atoms with van der Waals surface area (Å²) in [6.45, 7) is 4.16. The van der Waals surface area contributed by atoms with Gasteiger partial charge in [-0.15, -0.1) is 0 Å². The van der Waals surface area contributed by atoms with Gasteiger partial charge < -0.3 is 14.7 Å². The van der Waals surface area contributed by atoms with Crippen molar-refractivity contribution in [3.8, 4) is 23.0 Å². The molecule has 1 aromatic carbocycles. The van der Waals surface area contributed by atoms with E-state index in [1.807, 2.05) is 0 Å². The number of phenols is 1. The van der Waals surface area contributed by atoms with Crippen LogP contribution in [0.15, 0.2) is 42.9 Å². The summed E-state index contributed by atoms with van der Waals surface area (Å²) in [4.78, 5) is 21.7. The molecule has 1 amide bonds. The Balaban J connectivity index is 1.50. The van der Waals surface area contributed by atoms with Crippen molar-refractivity contribution in [3.63, 3.8) is 0 Å². The standard InChI is InChI=1S/C18H16FN5O3/c1-10(19)18(26)24-7-11(8-24)9-27-17-14-6-20-23-16(14)21-15(22-17)12-2-4-13(25)5-3-12/h2-6,11,25H,1,7-9H2,(H,20,21,22,23). The molecule has 0 bridgehead atoms. The summed E-state index contributed by atoms with van der Waals surface area (Å²) in [6.07, 6.45) is 1.58. The highest BCUT2D eigenvalue weighted by atomic mass is 19.1. The van der Waals surface area contributed by atoms with E-state index in [-0.39, 0.29) is 11.7 Å². The van der Waals surface area contributed by atoms with Gasteiger partial charge in [0, 0.05) is 24.6 Å². The van der Waals surface area contributed by atoms with Crippen LogP contribution >= 0.6 is 0 Å². The van der Waals surface area contributed by atoms with Crippen LogP contribution in [0.2, 0.25) is 0 Å². The van der Waals surface area contributed by atoms with Gasteiger partial charge >= 0.3 is 0 Å². The number of amides is 1. The highest BCUT2D eigenvalue weighted by Crippen LogP contribution is 2.27. The minimum Gasteiger partial charge on any atom is -0.508 e. The van der Waals surface area contributed by atoms with Crippen LogP contribution < -0.4 is 4.74 Å². The fourth-order valence-corrected chi connectivity index (χ4v) is 2.87. The largest absolute Gasteiger partial charge is 0.508 e. The zero-order valence-corrected chi connectivity index (χ0v) is 14.2. The lowest BCUT2D eigenvalue weighted by Gasteiger charge is -2.38. The van der Waals surface area contributed by atoms with E-state index >= 15 is 0 Å². The third-order valence-electron chi connectivity index (χ3n) is 4.33. The van der Waals surface area contributed by atoms with Crippen molar-refractivity contribution >= 4 is 16.9 Å². The van der Waals surface area contributed by atoms with E-state index in [4.69, 9.17) is 4.74 Å². The van der Waals surface area contributed by atoms with E-state index in [1.165, 1.54) is 4.90 Å². The summed E-state index contributed by atoms with van der Waals surface area (Å²) in [5.41, 5.74) is 1.25. The number of carbonyl (C=O) groups is 1. The lowest BCUT2D eigenvalue weighted by molar-refractivity contribution is -0.135. The number of hydrogen-bond acceptors (Lipinski definition) is 6. The normalized spacial score (nSPS) is 14.2. The molecule has 0 spiro atoms. The van der Waals surface area contributed by atoms with Gasteiger partial charge in [0.25, 0.3) is 5.91 Å². The van der Waals surface area contributed by atoms with Gasteiger partial charge in [0.15, 0.2) is 17.3 Å². The van der Waals surface area contributed by atoms with Crippen LogP contribution in [0.5, 0.6) is 11.6 Å². The summed E-state index contributed by atoms with van der Waals surface area (Å²) in [5, 5.41) is 16.8. The number of aromatic hydroxyl groups is 1. The Morgan fingerprint density at radius 3 is 2.78 bits per heavy atom. The molecular formula is C18H16FN5O3. The van der Waals surface area contributed by atoms with E-state index < -0.39 is 11.7 Å². The lowest BCUT2D eigenvalue weighted by atomic mass is 10.0. The molecule has 2 aromatic heterocycles. The Morgan fingerprint density at radius 2 is 2.07 bits per heavy atom. The molecule has 27 heavy (non-hydrogen) atoms. The third kappa shape index (κ3) is 3.31. The lowest BCUT2D eigenvalue weighted by Crippen LogP contribution is -2.52. The molecule has 1 aliphatic heterocycles. The number of hydrogen-bond donors (Lipinski definition) is 2. The molecule has 3 heterocycles. The number of ether oxygens (including phenoxy) is 1. The van der Waals surface area contributed by atoms with Gasteiger partial charge in [0.05, 0.1) is 12.8 Å². The zero-order chi connectivity index (χ0) is 19.0. The van der Waals surface area contributed by atoms with Crippen LogP contribution in [0.3, 0.4) is 0 Å². The molecule has 0 unspecified atom stereocenters. The van der Waals surface area contributed by atoms with Gasteiger partial charge in [-0.3, -0.25) is 9.89 Å². The van der Waals surface area contributed by atoms with E-state index in [0.717, 1.165) is 5.56 Å². The van der Waals surface area contributed by atoms with Crippen molar-refractivity contribution in [1.29, 1.82) is 0 Å². The summed E-state index contributed by atoms with van der Waals surface area (Å²) < 4.78 is 18.7. The highest BCUT2D eigenvalue weighted by Gasteiger charge is 2.32. The highest BCUT2D eigenvalue weighted by molar-refractivity contribution is 5.91. The molecule has 0 radical (unpaired) electrons. The molecule has 0 atom stereocenters. The number of fused-ring (bicyclic) bond motifs is 1. The van der Waals surface area contributed by atoms with Crippen molar-refractivity contribution in [1.82, 2.24) is 25.1 Å². The van der Waals surface area contributed by atoms with E-state index in [2.05, 4.69) is 26.7 Å². The van der Waals surface area contributed by atoms with E-state index in [9.17, 15) is 14.3 Å². The Labute approximate surface area is 153 Å². The molecule has 0 aliphatic carbocycles. The van der Waals surface area contributed by atoms with Crippen molar-refractivity contribution in [2.24, 2.45) is 5.92 Å². The topological polar surface area (TPSA) is 104 Å². The molecule has 1 aliphatic rings. The number of rotatable bonds is 5. The summed E-state index contributed by atoms with van der Waals surface area (Å²) >= 11 is 0. The predicted octanol–water partition coefficient (Wildman–Crippen LogP) is 2.05. The van der Waals surface area contributed by atoms with Crippen molar-refractivity contribution in [3.05, 3.63) is 42.9 Å². The van der Waals surface area contributed by atoms with Gasteiger partial charge in [-0.1, -0.05) is 6.58 Å². The molecule has 3 aromatic rings. The van der Waals surface area contributed by atoms with Gasteiger partial charge in [0.1, 0.15) is 11.1 Å². The van der Waals surface area contributed by atoms with Crippen molar-refractivity contribution < 1.29 is 19.0 Å². The van der Waals surface area contributed by atoms with Crippen LogP contribution in [-0.4, -0.2) is 55.8 Å². The fraction of sp³-hybridized carbons (Fsp3) is 0.222. The zero-order valence-electron chi connectivity index (χ0n) is 14.2. The molecule has 2 N–H and O–H groups in total. The second-order valence-corrected chi connectivity index (χ2v) is 6.32. The first-order chi connectivity index (χ1) is 13.0. The predicted molar refractivity (Wildman–Crippen MR) is 94.6 cm³/mol. The average molecular weight is 369 g/mol.